The monoisotopic (exact) mass is 372 g/mol. The summed E-state index contributed by atoms with van der Waals surface area (Å²) in [6.45, 7) is 7.29. The van der Waals surface area contributed by atoms with Gasteiger partial charge in [0.15, 0.2) is 0 Å². The van der Waals surface area contributed by atoms with E-state index in [2.05, 4.69) is 45.7 Å². The van der Waals surface area contributed by atoms with Crippen molar-refractivity contribution in [3.8, 4) is 0 Å². The molecule has 1 atom stereocenters. The van der Waals surface area contributed by atoms with Gasteiger partial charge in [0.2, 0.25) is 0 Å². The lowest BCUT2D eigenvalue weighted by atomic mass is 9.98. The molecule has 0 aliphatic carbocycles. The van der Waals surface area contributed by atoms with E-state index in [0.29, 0.717) is 6.54 Å². The van der Waals surface area contributed by atoms with Crippen LogP contribution in [0.15, 0.2) is 18.2 Å². The van der Waals surface area contributed by atoms with E-state index in [9.17, 15) is 9.59 Å². The summed E-state index contributed by atoms with van der Waals surface area (Å²) in [7, 11) is 2.13. The van der Waals surface area contributed by atoms with Crippen LogP contribution in [-0.2, 0) is 16.0 Å². The molecule has 2 heterocycles. The predicted octanol–water partition coefficient (Wildman–Crippen LogP) is 1.85. The number of rotatable bonds is 5. The molecule has 3 rings (SSSR count). The van der Waals surface area contributed by atoms with Crippen LogP contribution < -0.4 is 15.5 Å². The minimum absolute atomic E-state index is 0.0464. The first-order valence-electron chi connectivity index (χ1n) is 10.1. The number of fused-ring (bicyclic) bond motifs is 1. The molecule has 1 unspecified atom stereocenters. The van der Waals surface area contributed by atoms with Crippen molar-refractivity contribution in [2.24, 2.45) is 0 Å². The molecule has 2 aliphatic heterocycles. The topological polar surface area (TPSA) is 64.7 Å². The van der Waals surface area contributed by atoms with Gasteiger partial charge in [0.25, 0.3) is 0 Å². The second-order valence-electron chi connectivity index (χ2n) is 8.01. The van der Waals surface area contributed by atoms with Crippen molar-refractivity contribution < 1.29 is 9.59 Å². The van der Waals surface area contributed by atoms with Crippen LogP contribution in [0.4, 0.5) is 5.69 Å². The number of hydrogen-bond acceptors (Lipinski definition) is 4. The van der Waals surface area contributed by atoms with Crippen molar-refractivity contribution in [3.05, 3.63) is 29.3 Å². The van der Waals surface area contributed by atoms with Gasteiger partial charge in [-0.05, 0) is 63.4 Å². The molecule has 6 heteroatoms. The Morgan fingerprint density at radius 2 is 1.81 bits per heavy atom. The number of nitrogens with zero attached hydrogens (tertiary/aromatic N) is 2. The minimum Gasteiger partial charge on any atom is -0.374 e. The number of amides is 2. The molecule has 148 valence electrons. The predicted molar refractivity (Wildman–Crippen MR) is 108 cm³/mol. The highest BCUT2D eigenvalue weighted by Crippen LogP contribution is 2.32. The zero-order valence-corrected chi connectivity index (χ0v) is 16.8. The highest BCUT2D eigenvalue weighted by Gasteiger charge is 2.26. The number of anilines is 1. The standard InChI is InChI=1S/C21H32N4O2/c1-15(2)23-21(27)20(26)22-14-19(25-10-5-4-6-11-25)16-7-8-18-17(13-16)9-12-24(18)3/h7-8,13,15,19H,4-6,9-12,14H2,1-3H3,(H,22,26)(H,23,27). The number of hydrogen-bond donors (Lipinski definition) is 2. The van der Waals surface area contributed by atoms with Crippen LogP contribution in [0.5, 0.6) is 0 Å². The molecule has 2 amide bonds. The fourth-order valence-electron chi connectivity index (χ4n) is 4.08. The largest absolute Gasteiger partial charge is 0.374 e. The Hall–Kier alpha value is -2.08. The van der Waals surface area contributed by atoms with Crippen LogP contribution in [-0.4, -0.2) is 56.0 Å². The SMILES string of the molecule is CC(C)NC(=O)C(=O)NCC(c1ccc2c(c1)CCN2C)N1CCCCC1. The summed E-state index contributed by atoms with van der Waals surface area (Å²) in [6.07, 6.45) is 4.70. The first kappa shape index (κ1) is 19.7. The zero-order chi connectivity index (χ0) is 19.4. The molecule has 1 aromatic rings. The van der Waals surface area contributed by atoms with Gasteiger partial charge in [0, 0.05) is 31.9 Å². The lowest BCUT2D eigenvalue weighted by Crippen LogP contribution is -2.46. The lowest BCUT2D eigenvalue weighted by Gasteiger charge is -2.35. The average Bonchev–Trinajstić information content (AvgIpc) is 3.02. The second-order valence-corrected chi connectivity index (χ2v) is 8.01. The molecule has 0 bridgehead atoms. The fourth-order valence-corrected chi connectivity index (χ4v) is 4.08. The summed E-state index contributed by atoms with van der Waals surface area (Å²) in [6, 6.07) is 6.73. The Morgan fingerprint density at radius 3 is 2.52 bits per heavy atom. The molecule has 1 saturated heterocycles. The summed E-state index contributed by atoms with van der Waals surface area (Å²) < 4.78 is 0. The van der Waals surface area contributed by atoms with Gasteiger partial charge in [-0.3, -0.25) is 14.5 Å². The van der Waals surface area contributed by atoms with Crippen LogP contribution in [0.25, 0.3) is 0 Å². The molecular formula is C21H32N4O2. The van der Waals surface area contributed by atoms with E-state index in [4.69, 9.17) is 0 Å². The van der Waals surface area contributed by atoms with Gasteiger partial charge < -0.3 is 15.5 Å². The number of carbonyl (C=O) groups excluding carboxylic acids is 2. The van der Waals surface area contributed by atoms with Gasteiger partial charge in [-0.15, -0.1) is 0 Å². The van der Waals surface area contributed by atoms with Crippen molar-refractivity contribution in [2.75, 3.05) is 38.1 Å². The number of piperidine rings is 1. The molecular weight excluding hydrogens is 340 g/mol. The Bertz CT molecular complexity index is 683. The van der Waals surface area contributed by atoms with Crippen LogP contribution in [0.2, 0.25) is 0 Å². The van der Waals surface area contributed by atoms with E-state index in [1.807, 2.05) is 13.8 Å². The Kier molecular flexibility index (Phi) is 6.37. The van der Waals surface area contributed by atoms with Gasteiger partial charge in [-0.25, -0.2) is 0 Å². The van der Waals surface area contributed by atoms with E-state index >= 15 is 0 Å². The van der Waals surface area contributed by atoms with Gasteiger partial charge in [0.1, 0.15) is 0 Å². The number of likely N-dealkylation sites (N-methyl/N-ethyl adjacent to an activating group) is 1. The third kappa shape index (κ3) is 4.80. The van der Waals surface area contributed by atoms with Crippen LogP contribution in [0, 0.1) is 0 Å². The van der Waals surface area contributed by atoms with Gasteiger partial charge in [-0.2, -0.15) is 0 Å². The van der Waals surface area contributed by atoms with E-state index in [-0.39, 0.29) is 12.1 Å². The van der Waals surface area contributed by atoms with Crippen molar-refractivity contribution in [2.45, 2.75) is 51.6 Å². The highest BCUT2D eigenvalue weighted by molar-refractivity contribution is 6.35. The molecule has 0 aromatic heterocycles. The van der Waals surface area contributed by atoms with Crippen LogP contribution >= 0.6 is 0 Å². The number of carbonyl (C=O) groups is 2. The maximum Gasteiger partial charge on any atom is 0.309 e. The Balaban J connectivity index is 1.73. The summed E-state index contributed by atoms with van der Waals surface area (Å²) in [5.74, 6) is -1.11. The minimum atomic E-state index is -0.557. The molecule has 6 nitrogen and oxygen atoms in total. The third-order valence-corrected chi connectivity index (χ3v) is 5.53. The lowest BCUT2D eigenvalue weighted by molar-refractivity contribution is -0.139. The number of nitrogens with one attached hydrogen (secondary N) is 2. The molecule has 0 saturated carbocycles. The second kappa shape index (κ2) is 8.74. The zero-order valence-electron chi connectivity index (χ0n) is 16.8. The maximum absolute atomic E-state index is 12.2. The molecule has 1 fully saturated rings. The quantitative estimate of drug-likeness (QED) is 0.774. The maximum atomic E-state index is 12.2. The Labute approximate surface area is 162 Å². The van der Waals surface area contributed by atoms with Gasteiger partial charge in [0.05, 0.1) is 6.04 Å². The van der Waals surface area contributed by atoms with E-state index in [0.717, 1.165) is 26.1 Å². The van der Waals surface area contributed by atoms with Crippen molar-refractivity contribution in [3.63, 3.8) is 0 Å². The van der Waals surface area contributed by atoms with Crippen LogP contribution in [0.3, 0.4) is 0 Å². The van der Waals surface area contributed by atoms with E-state index in [1.54, 1.807) is 0 Å². The summed E-state index contributed by atoms with van der Waals surface area (Å²) in [4.78, 5) is 28.8. The van der Waals surface area contributed by atoms with E-state index < -0.39 is 11.8 Å². The Morgan fingerprint density at radius 1 is 1.07 bits per heavy atom. The van der Waals surface area contributed by atoms with Crippen molar-refractivity contribution >= 4 is 17.5 Å². The van der Waals surface area contributed by atoms with Crippen molar-refractivity contribution in [1.29, 1.82) is 0 Å². The normalized spacial score (nSPS) is 18.3. The van der Waals surface area contributed by atoms with Gasteiger partial charge >= 0.3 is 11.8 Å². The summed E-state index contributed by atoms with van der Waals surface area (Å²) in [5, 5.41) is 5.51. The number of likely N-dealkylation sites (tertiary alicyclic amines) is 1. The fraction of sp³-hybridized carbons (Fsp3) is 0.619. The van der Waals surface area contributed by atoms with Crippen LogP contribution in [0.1, 0.15) is 50.3 Å². The summed E-state index contributed by atoms with van der Waals surface area (Å²) >= 11 is 0. The molecule has 2 aliphatic rings. The highest BCUT2D eigenvalue weighted by atomic mass is 16.2. The molecule has 0 spiro atoms. The van der Waals surface area contributed by atoms with Crippen molar-refractivity contribution in [1.82, 2.24) is 15.5 Å². The first-order chi connectivity index (χ1) is 13.0. The molecule has 1 aromatic carbocycles. The first-order valence-corrected chi connectivity index (χ1v) is 10.1. The average molecular weight is 373 g/mol. The molecule has 0 radical (unpaired) electrons. The third-order valence-electron chi connectivity index (χ3n) is 5.53. The number of benzene rings is 1. The smallest absolute Gasteiger partial charge is 0.309 e. The van der Waals surface area contributed by atoms with Gasteiger partial charge in [-0.1, -0.05) is 18.6 Å². The molecule has 2 N–H and O–H groups in total. The molecule has 27 heavy (non-hydrogen) atoms. The van der Waals surface area contributed by atoms with E-state index in [1.165, 1.54) is 36.1 Å². The summed E-state index contributed by atoms with van der Waals surface area (Å²) in [5.41, 5.74) is 3.91.